The number of imide groups is 1. The van der Waals surface area contributed by atoms with Crippen molar-refractivity contribution in [2.45, 2.75) is 30.9 Å². The maximum Gasteiger partial charge on any atom is 0.259 e. The fourth-order valence-electron chi connectivity index (χ4n) is 6.01. The summed E-state index contributed by atoms with van der Waals surface area (Å²) in [5, 5.41) is 20.7. The van der Waals surface area contributed by atoms with Gasteiger partial charge in [-0.15, -0.1) is 12.8 Å². The molecule has 3 aliphatic rings. The van der Waals surface area contributed by atoms with Gasteiger partial charge in [-0.1, -0.05) is 5.18 Å². The highest BCUT2D eigenvalue weighted by molar-refractivity contribution is 6.32. The number of fused-ring (bicyclic) bond motifs is 11. The van der Waals surface area contributed by atoms with Gasteiger partial charge in [0.05, 0.1) is 34.4 Å². The van der Waals surface area contributed by atoms with Crippen molar-refractivity contribution in [2.75, 3.05) is 11.9 Å². The average molecular weight is 530 g/mol. The molecule has 4 atom stereocenters. The van der Waals surface area contributed by atoms with Gasteiger partial charge in [0.2, 0.25) is 0 Å². The van der Waals surface area contributed by atoms with Gasteiger partial charge in [-0.3, -0.25) is 14.9 Å². The number of aliphatic hydroxyl groups excluding tert-OH is 1. The van der Waals surface area contributed by atoms with Crippen molar-refractivity contribution in [3.8, 4) is 24.0 Å². The molecule has 2 amide bonds. The lowest BCUT2D eigenvalue weighted by atomic mass is 9.92. The summed E-state index contributed by atoms with van der Waals surface area (Å²) in [6.45, 7) is -0.203. The molecule has 4 heterocycles. The van der Waals surface area contributed by atoms with E-state index in [0.717, 1.165) is 0 Å². The quantitative estimate of drug-likeness (QED) is 0.204. The van der Waals surface area contributed by atoms with Crippen molar-refractivity contribution in [3.63, 3.8) is 0 Å². The van der Waals surface area contributed by atoms with Gasteiger partial charge in [-0.25, -0.2) is 8.78 Å². The number of hydrogen-bond donors (Lipinski definition) is 3. The van der Waals surface area contributed by atoms with Crippen molar-refractivity contribution >= 4 is 39.3 Å². The summed E-state index contributed by atoms with van der Waals surface area (Å²) >= 11 is 0. The molecule has 2 bridgehead atoms. The number of aliphatic hydroxyl groups is 1. The van der Waals surface area contributed by atoms with Gasteiger partial charge >= 0.3 is 0 Å². The molecular weight excluding hydrogens is 510 g/mol. The normalized spacial score (nSPS) is 22.9. The van der Waals surface area contributed by atoms with Gasteiger partial charge in [0, 0.05) is 28.4 Å². The number of halogens is 2. The van der Waals surface area contributed by atoms with Crippen LogP contribution in [-0.4, -0.2) is 46.5 Å². The number of nitrogens with zero attached hydrogens (tertiary/aromatic N) is 2. The summed E-state index contributed by atoms with van der Waals surface area (Å²) in [4.78, 5) is 37.1. The Bertz CT molecular complexity index is 1750. The van der Waals surface area contributed by atoms with Crippen molar-refractivity contribution < 1.29 is 28.2 Å². The highest BCUT2D eigenvalue weighted by atomic mass is 19.1. The van der Waals surface area contributed by atoms with Crippen LogP contribution < -0.4 is 10.6 Å². The number of anilines is 1. The van der Waals surface area contributed by atoms with Gasteiger partial charge in [0.1, 0.15) is 24.2 Å². The van der Waals surface area contributed by atoms with Crippen LogP contribution in [0.15, 0.2) is 47.6 Å². The number of ether oxygens (including phenoxy) is 1. The van der Waals surface area contributed by atoms with E-state index >= 15 is 0 Å². The summed E-state index contributed by atoms with van der Waals surface area (Å²) in [5.74, 6) is -2.29. The Labute approximate surface area is 219 Å². The minimum Gasteiger partial charge on any atom is -0.391 e. The second-order valence-electron chi connectivity index (χ2n) is 9.50. The fourth-order valence-corrected chi connectivity index (χ4v) is 6.01. The summed E-state index contributed by atoms with van der Waals surface area (Å²) in [6.07, 6.45) is 5.28. The minimum absolute atomic E-state index is 0.0673. The van der Waals surface area contributed by atoms with Gasteiger partial charge in [0.25, 0.3) is 11.8 Å². The lowest BCUT2D eigenvalue weighted by Crippen LogP contribution is -2.49. The van der Waals surface area contributed by atoms with E-state index in [9.17, 15) is 28.4 Å². The molecule has 4 aromatic rings. The molecule has 7 rings (SSSR count). The van der Waals surface area contributed by atoms with Crippen LogP contribution in [0.5, 0.6) is 0 Å². The molecule has 1 fully saturated rings. The molecule has 0 aliphatic carbocycles. The Morgan fingerprint density at radius 2 is 1.72 bits per heavy atom. The maximum absolute atomic E-state index is 14.6. The molecule has 9 nitrogen and oxygen atoms in total. The van der Waals surface area contributed by atoms with Crippen LogP contribution in [0.4, 0.5) is 14.5 Å². The first-order chi connectivity index (χ1) is 18.9. The highest BCUT2D eigenvalue weighted by Crippen LogP contribution is 2.47. The number of rotatable bonds is 2. The Morgan fingerprint density at radius 3 is 2.49 bits per heavy atom. The summed E-state index contributed by atoms with van der Waals surface area (Å²) in [5.41, 5.74) is 2.18. The number of aromatic nitrogens is 1. The molecule has 39 heavy (non-hydrogen) atoms. The molecule has 0 saturated carbocycles. The zero-order valence-corrected chi connectivity index (χ0v) is 20.2. The molecular formula is C28H20F2N4O5. The molecule has 196 valence electrons. The Kier molecular flexibility index (Phi) is 5.67. The van der Waals surface area contributed by atoms with Crippen LogP contribution in [0.2, 0.25) is 0 Å². The predicted octanol–water partition coefficient (Wildman–Crippen LogP) is 4.08. The van der Waals surface area contributed by atoms with Crippen LogP contribution >= 0.6 is 0 Å². The third-order valence-electron chi connectivity index (χ3n) is 7.43. The van der Waals surface area contributed by atoms with E-state index < -0.39 is 47.9 Å². The molecule has 0 spiro atoms. The van der Waals surface area contributed by atoms with Gasteiger partial charge in [-0.05, 0) is 48.0 Å². The number of carbonyl (C=O) groups excluding carboxylic acids is 2. The number of nitroso groups, excluding NO2 is 1. The first-order valence-corrected chi connectivity index (χ1v) is 12.0. The van der Waals surface area contributed by atoms with Gasteiger partial charge in [0.15, 0.2) is 6.23 Å². The topological polar surface area (TPSA) is 122 Å². The van der Waals surface area contributed by atoms with E-state index in [1.807, 2.05) is 0 Å². The van der Waals surface area contributed by atoms with Crippen LogP contribution in [0, 0.1) is 29.4 Å². The smallest absolute Gasteiger partial charge is 0.259 e. The van der Waals surface area contributed by atoms with Crippen molar-refractivity contribution in [2.24, 2.45) is 5.18 Å². The second-order valence-corrected chi connectivity index (χ2v) is 9.50. The van der Waals surface area contributed by atoms with E-state index in [1.54, 1.807) is 10.6 Å². The lowest BCUT2D eigenvalue weighted by molar-refractivity contribution is -0.112. The predicted molar refractivity (Wildman–Crippen MR) is 139 cm³/mol. The zero-order valence-electron chi connectivity index (χ0n) is 20.2. The number of benzene rings is 3. The zero-order chi connectivity index (χ0) is 27.6. The molecule has 3 N–H and O–H groups in total. The summed E-state index contributed by atoms with van der Waals surface area (Å²) in [7, 11) is 0. The summed E-state index contributed by atoms with van der Waals surface area (Å²) < 4.78 is 36.8. The largest absolute Gasteiger partial charge is 0.391 e. The van der Waals surface area contributed by atoms with E-state index in [4.69, 9.17) is 4.74 Å². The third-order valence-corrected chi connectivity index (χ3v) is 7.43. The Hall–Kier alpha value is -4.66. The van der Waals surface area contributed by atoms with Crippen molar-refractivity contribution in [1.29, 1.82) is 0 Å². The first-order valence-electron chi connectivity index (χ1n) is 12.0. The lowest BCUT2D eigenvalue weighted by Gasteiger charge is -2.41. The highest BCUT2D eigenvalue weighted by Gasteiger charge is 2.43. The van der Waals surface area contributed by atoms with Crippen LogP contribution in [-0.2, 0) is 4.74 Å². The standard InChI is InChI=1S/C26H18F2N4O5.C2H2/c27-10-1-3-13-15-8-18-20(22-21(15)24(34)31-25(22)35)14-4-2-11(28)6-17(14)32(18)23-19(33)7-12(9-29-36)37-26(23)30-16(13)5-10;1-2/h1-6,8,12,19,23,26,30,33H,7,9H2,(H,31,34,35);1-2H/t12-,19-,23-,26+;/m0./s1. The number of carbonyl (C=O) groups is 2. The van der Waals surface area contributed by atoms with Gasteiger partial charge < -0.3 is 19.7 Å². The Morgan fingerprint density at radius 1 is 1.00 bits per heavy atom. The molecule has 3 aliphatic heterocycles. The molecule has 0 unspecified atom stereocenters. The van der Waals surface area contributed by atoms with E-state index in [0.29, 0.717) is 32.9 Å². The van der Waals surface area contributed by atoms with E-state index in [-0.39, 0.29) is 29.8 Å². The molecule has 1 aromatic heterocycles. The monoisotopic (exact) mass is 530 g/mol. The molecule has 0 radical (unpaired) electrons. The van der Waals surface area contributed by atoms with Crippen LogP contribution in [0.25, 0.3) is 32.9 Å². The van der Waals surface area contributed by atoms with Gasteiger partial charge in [-0.2, -0.15) is 4.91 Å². The third kappa shape index (κ3) is 3.53. The second kappa shape index (κ2) is 8.97. The first kappa shape index (κ1) is 24.7. The minimum atomic E-state index is -1.08. The average Bonchev–Trinajstić information content (AvgIpc) is 3.38. The van der Waals surface area contributed by atoms with Crippen LogP contribution in [0.1, 0.15) is 33.2 Å². The number of amides is 2. The number of terminal acetylenes is 1. The molecule has 11 heteroatoms. The maximum atomic E-state index is 14.6. The van der Waals surface area contributed by atoms with Crippen LogP contribution in [0.3, 0.4) is 0 Å². The SMILES string of the molecule is C#C.O=NC[C@@H]1C[C@H](O)[C@H]2[C@H](Nc3cc(F)ccc3-c3cc4c(c5c3C(=O)NC5=O)c3ccc(F)cc3n42)O1. The van der Waals surface area contributed by atoms with Crippen molar-refractivity contribution in [1.82, 2.24) is 9.88 Å². The van der Waals surface area contributed by atoms with E-state index in [1.165, 1.54) is 36.4 Å². The molecule has 3 aromatic carbocycles. The fraction of sp³-hybridized carbons (Fsp3) is 0.214. The molecule has 1 saturated heterocycles. The summed E-state index contributed by atoms with van der Waals surface area (Å²) in [6, 6.07) is 8.89. The van der Waals surface area contributed by atoms with Crippen molar-refractivity contribution in [3.05, 3.63) is 70.1 Å². The number of nitrogens with one attached hydrogen (secondary N) is 2. The Balaban J connectivity index is 0.00000135. The van der Waals surface area contributed by atoms with E-state index in [2.05, 4.69) is 28.7 Å². The number of hydrogen-bond acceptors (Lipinski definition) is 7.